The van der Waals surface area contributed by atoms with Gasteiger partial charge in [-0.25, -0.2) is 4.98 Å². The molecule has 3 nitrogen and oxygen atoms in total. The Balaban J connectivity index is 2.75. The lowest BCUT2D eigenvalue weighted by atomic mass is 10.2. The van der Waals surface area contributed by atoms with Gasteiger partial charge in [-0.3, -0.25) is 0 Å². The van der Waals surface area contributed by atoms with Gasteiger partial charge in [-0.15, -0.1) is 0 Å². The van der Waals surface area contributed by atoms with Gasteiger partial charge in [0.2, 0.25) is 0 Å². The van der Waals surface area contributed by atoms with Gasteiger partial charge in [-0.2, -0.15) is 0 Å². The number of nitrogens with two attached hydrogens (primary N) is 1. The molecule has 0 unspecified atom stereocenters. The summed E-state index contributed by atoms with van der Waals surface area (Å²) in [5, 5.41) is 0. The van der Waals surface area contributed by atoms with Crippen LogP contribution in [0.4, 0.5) is 5.82 Å². The number of rotatable bonds is 3. The van der Waals surface area contributed by atoms with E-state index in [1.807, 2.05) is 6.07 Å². The average Bonchev–Trinajstić information content (AvgIpc) is 2.07. The molecule has 0 fully saturated rings. The van der Waals surface area contributed by atoms with Gasteiger partial charge in [0.15, 0.2) is 0 Å². The van der Waals surface area contributed by atoms with Crippen LogP contribution in [0.2, 0.25) is 0 Å². The van der Waals surface area contributed by atoms with E-state index in [0.29, 0.717) is 12.4 Å². The fourth-order valence-electron chi connectivity index (χ4n) is 0.904. The molecule has 0 aliphatic rings. The Hall–Kier alpha value is -0.610. The Morgan fingerprint density at radius 1 is 1.67 bits per heavy atom. The van der Waals surface area contributed by atoms with E-state index in [2.05, 4.69) is 20.9 Å². The zero-order valence-corrected chi connectivity index (χ0v) is 8.47. The molecule has 66 valence electrons. The third kappa shape index (κ3) is 2.46. The number of anilines is 1. The van der Waals surface area contributed by atoms with Crippen molar-refractivity contribution in [3.63, 3.8) is 0 Å². The normalized spacial score (nSPS) is 10.2. The van der Waals surface area contributed by atoms with Gasteiger partial charge >= 0.3 is 0 Å². The van der Waals surface area contributed by atoms with Crippen molar-refractivity contribution in [1.82, 2.24) is 4.98 Å². The second kappa shape index (κ2) is 4.42. The van der Waals surface area contributed by atoms with E-state index in [-0.39, 0.29) is 0 Å². The summed E-state index contributed by atoms with van der Waals surface area (Å²) in [4.78, 5) is 4.01. The average molecular weight is 231 g/mol. The lowest BCUT2D eigenvalue weighted by Gasteiger charge is -2.03. The van der Waals surface area contributed by atoms with Crippen LogP contribution in [-0.2, 0) is 11.2 Å². The quantitative estimate of drug-likeness (QED) is 0.859. The summed E-state index contributed by atoms with van der Waals surface area (Å²) in [6.45, 7) is 0.669. The van der Waals surface area contributed by atoms with E-state index in [1.165, 1.54) is 0 Å². The molecule has 1 rings (SSSR count). The third-order valence-electron chi connectivity index (χ3n) is 1.54. The molecule has 1 aromatic heterocycles. The van der Waals surface area contributed by atoms with Crippen LogP contribution in [0.1, 0.15) is 5.56 Å². The van der Waals surface area contributed by atoms with Crippen molar-refractivity contribution in [2.45, 2.75) is 6.42 Å². The number of pyridine rings is 1. The van der Waals surface area contributed by atoms with Crippen molar-refractivity contribution in [2.24, 2.45) is 0 Å². The van der Waals surface area contributed by atoms with E-state index in [9.17, 15) is 0 Å². The van der Waals surface area contributed by atoms with Crippen molar-refractivity contribution >= 4 is 21.7 Å². The maximum atomic E-state index is 5.64. The molecule has 2 N–H and O–H groups in total. The number of methoxy groups -OCH3 is 1. The Kier molecular flexibility index (Phi) is 3.49. The van der Waals surface area contributed by atoms with Crippen LogP contribution in [0.15, 0.2) is 16.7 Å². The molecule has 1 aromatic rings. The first-order chi connectivity index (χ1) is 5.74. The molecule has 0 amide bonds. The fourth-order valence-corrected chi connectivity index (χ4v) is 1.28. The van der Waals surface area contributed by atoms with Crippen LogP contribution in [-0.4, -0.2) is 18.7 Å². The molecule has 0 aliphatic carbocycles. The molecule has 1 heterocycles. The maximum absolute atomic E-state index is 5.64. The van der Waals surface area contributed by atoms with Crippen molar-refractivity contribution in [3.05, 3.63) is 22.3 Å². The Bertz CT molecular complexity index is 265. The summed E-state index contributed by atoms with van der Waals surface area (Å²) in [5.74, 6) is 0.579. The number of ether oxygens (including phenoxy) is 1. The van der Waals surface area contributed by atoms with Crippen LogP contribution in [0, 0.1) is 0 Å². The summed E-state index contributed by atoms with van der Waals surface area (Å²) in [6.07, 6.45) is 2.49. The molecule has 0 aliphatic heterocycles. The largest absolute Gasteiger partial charge is 0.384 e. The summed E-state index contributed by atoms with van der Waals surface area (Å²) < 4.78 is 5.89. The number of nitrogens with zero attached hydrogens (tertiary/aromatic N) is 1. The first kappa shape index (κ1) is 9.48. The zero-order chi connectivity index (χ0) is 8.97. The molecule has 0 atom stereocenters. The fraction of sp³-hybridized carbons (Fsp3) is 0.375. The monoisotopic (exact) mass is 230 g/mol. The summed E-state index contributed by atoms with van der Waals surface area (Å²) >= 11 is 3.33. The van der Waals surface area contributed by atoms with Gasteiger partial charge in [0.1, 0.15) is 5.82 Å². The van der Waals surface area contributed by atoms with Gasteiger partial charge < -0.3 is 10.5 Å². The van der Waals surface area contributed by atoms with Crippen LogP contribution >= 0.6 is 15.9 Å². The second-order valence-electron chi connectivity index (χ2n) is 2.44. The smallest absolute Gasteiger partial charge is 0.126 e. The Morgan fingerprint density at radius 3 is 3.08 bits per heavy atom. The number of aromatic nitrogens is 1. The highest BCUT2D eigenvalue weighted by Crippen LogP contribution is 2.15. The van der Waals surface area contributed by atoms with Gasteiger partial charge in [-0.05, 0) is 34.0 Å². The molecule has 0 saturated carbocycles. The number of nitrogen functional groups attached to an aromatic ring is 1. The van der Waals surface area contributed by atoms with E-state index in [4.69, 9.17) is 10.5 Å². The van der Waals surface area contributed by atoms with Gasteiger partial charge in [0.05, 0.1) is 6.61 Å². The van der Waals surface area contributed by atoms with Crippen molar-refractivity contribution in [1.29, 1.82) is 0 Å². The predicted octanol–water partition coefficient (Wildman–Crippen LogP) is 1.62. The maximum Gasteiger partial charge on any atom is 0.126 e. The van der Waals surface area contributed by atoms with Gasteiger partial charge in [-0.1, -0.05) is 0 Å². The molecular formula is C8H11BrN2O. The molecule has 0 bridgehead atoms. The molecule has 0 radical (unpaired) electrons. The van der Waals surface area contributed by atoms with Crippen molar-refractivity contribution in [2.75, 3.05) is 19.5 Å². The van der Waals surface area contributed by atoms with Crippen molar-refractivity contribution < 1.29 is 4.74 Å². The number of hydrogen-bond donors (Lipinski definition) is 1. The Morgan fingerprint density at radius 2 is 2.42 bits per heavy atom. The zero-order valence-electron chi connectivity index (χ0n) is 6.88. The highest BCUT2D eigenvalue weighted by molar-refractivity contribution is 9.10. The topological polar surface area (TPSA) is 48.1 Å². The predicted molar refractivity (Wildman–Crippen MR) is 51.9 cm³/mol. The van der Waals surface area contributed by atoms with E-state index >= 15 is 0 Å². The van der Waals surface area contributed by atoms with Gasteiger partial charge in [0, 0.05) is 17.8 Å². The minimum Gasteiger partial charge on any atom is -0.384 e. The summed E-state index contributed by atoms with van der Waals surface area (Å²) in [5.41, 5.74) is 6.66. The van der Waals surface area contributed by atoms with E-state index in [1.54, 1.807) is 13.3 Å². The van der Waals surface area contributed by atoms with Gasteiger partial charge in [0.25, 0.3) is 0 Å². The second-order valence-corrected chi connectivity index (χ2v) is 3.36. The lowest BCUT2D eigenvalue weighted by molar-refractivity contribution is 0.202. The molecule has 4 heteroatoms. The van der Waals surface area contributed by atoms with Crippen molar-refractivity contribution in [3.8, 4) is 0 Å². The molecule has 0 spiro atoms. The Labute approximate surface area is 80.1 Å². The first-order valence-electron chi connectivity index (χ1n) is 3.63. The van der Waals surface area contributed by atoms with Crippen LogP contribution < -0.4 is 5.73 Å². The SMILES string of the molecule is COCCc1cc(Br)cnc1N. The summed E-state index contributed by atoms with van der Waals surface area (Å²) in [6, 6.07) is 1.96. The van der Waals surface area contributed by atoms with E-state index < -0.39 is 0 Å². The van der Waals surface area contributed by atoms with Crippen LogP contribution in [0.5, 0.6) is 0 Å². The van der Waals surface area contributed by atoms with Crippen LogP contribution in [0.3, 0.4) is 0 Å². The molecule has 12 heavy (non-hydrogen) atoms. The molecular weight excluding hydrogens is 220 g/mol. The minimum absolute atomic E-state index is 0.579. The highest BCUT2D eigenvalue weighted by atomic mass is 79.9. The standard InChI is InChI=1S/C8H11BrN2O/c1-12-3-2-6-4-7(9)5-11-8(6)10/h4-5H,2-3H2,1H3,(H2,10,11). The molecule has 0 aromatic carbocycles. The highest BCUT2D eigenvalue weighted by Gasteiger charge is 2.00. The number of halogens is 1. The molecule has 0 saturated heterocycles. The number of hydrogen-bond acceptors (Lipinski definition) is 3. The minimum atomic E-state index is 0.579. The van der Waals surface area contributed by atoms with E-state index in [0.717, 1.165) is 16.5 Å². The lowest BCUT2D eigenvalue weighted by Crippen LogP contribution is -2.01. The van der Waals surface area contributed by atoms with Crippen LogP contribution in [0.25, 0.3) is 0 Å². The first-order valence-corrected chi connectivity index (χ1v) is 4.42. The third-order valence-corrected chi connectivity index (χ3v) is 1.98. The summed E-state index contributed by atoms with van der Waals surface area (Å²) in [7, 11) is 1.67.